The van der Waals surface area contributed by atoms with Gasteiger partial charge in [-0.1, -0.05) is 6.07 Å². The van der Waals surface area contributed by atoms with E-state index in [1.54, 1.807) is 6.26 Å². The van der Waals surface area contributed by atoms with E-state index in [4.69, 9.17) is 4.42 Å². The Bertz CT molecular complexity index is 573. The van der Waals surface area contributed by atoms with Crippen molar-refractivity contribution >= 4 is 0 Å². The van der Waals surface area contributed by atoms with Gasteiger partial charge in [0.05, 0.1) is 18.9 Å². The number of piperidine rings is 1. The van der Waals surface area contributed by atoms with E-state index in [1.807, 2.05) is 30.5 Å². The predicted molar refractivity (Wildman–Crippen MR) is 89.0 cm³/mol. The van der Waals surface area contributed by atoms with Crippen LogP contribution in [0.15, 0.2) is 47.2 Å². The van der Waals surface area contributed by atoms with Gasteiger partial charge in [0.2, 0.25) is 0 Å². The molecule has 3 heterocycles. The second-order valence-corrected chi connectivity index (χ2v) is 6.29. The van der Waals surface area contributed by atoms with Crippen LogP contribution in [0.2, 0.25) is 0 Å². The number of likely N-dealkylation sites (N-methyl/N-ethyl adjacent to an activating group) is 1. The Hall–Kier alpha value is -1.69. The average molecular weight is 315 g/mol. The molecule has 3 rings (SSSR count). The Morgan fingerprint density at radius 2 is 2.26 bits per heavy atom. The van der Waals surface area contributed by atoms with Crippen molar-refractivity contribution in [3.8, 4) is 0 Å². The molecular formula is C18H25N3O2. The predicted octanol–water partition coefficient (Wildman–Crippen LogP) is 1.78. The Morgan fingerprint density at radius 3 is 2.96 bits per heavy atom. The van der Waals surface area contributed by atoms with Crippen LogP contribution in [0.25, 0.3) is 0 Å². The first-order valence-electron chi connectivity index (χ1n) is 8.25. The number of pyridine rings is 1. The fourth-order valence-corrected chi connectivity index (χ4v) is 3.27. The van der Waals surface area contributed by atoms with Gasteiger partial charge in [0.25, 0.3) is 0 Å². The van der Waals surface area contributed by atoms with Crippen LogP contribution in [0.4, 0.5) is 0 Å². The van der Waals surface area contributed by atoms with E-state index in [-0.39, 0.29) is 12.1 Å². The number of β-amino-alcohol motifs (C(OH)–C–C–N with tert-alkyl or cyclic N) is 1. The molecule has 1 aliphatic heterocycles. The lowest BCUT2D eigenvalue weighted by Crippen LogP contribution is -2.53. The highest BCUT2D eigenvalue weighted by atomic mass is 16.3. The minimum atomic E-state index is -0.326. The first kappa shape index (κ1) is 16.2. The van der Waals surface area contributed by atoms with E-state index in [2.05, 4.69) is 27.9 Å². The van der Waals surface area contributed by atoms with Crippen LogP contribution in [-0.4, -0.2) is 58.7 Å². The molecular weight excluding hydrogens is 290 g/mol. The standard InChI is InChI=1S/C18H25N3O2/c1-20(10-7-15-5-2-3-9-19-15)17-8-11-21(14-18(17)22)13-16-6-4-12-23-16/h2-6,9,12,17-18,22H,7-8,10-11,13-14H2,1H3/t17-,18-/m1/s1. The summed E-state index contributed by atoms with van der Waals surface area (Å²) in [4.78, 5) is 8.88. The van der Waals surface area contributed by atoms with Gasteiger partial charge in [-0.05, 0) is 37.7 Å². The van der Waals surface area contributed by atoms with Gasteiger partial charge in [0.15, 0.2) is 0 Å². The summed E-state index contributed by atoms with van der Waals surface area (Å²) in [5, 5.41) is 10.5. The number of nitrogens with zero attached hydrogens (tertiary/aromatic N) is 3. The average Bonchev–Trinajstić information content (AvgIpc) is 3.07. The lowest BCUT2D eigenvalue weighted by Gasteiger charge is -2.40. The molecule has 1 N–H and O–H groups in total. The third kappa shape index (κ3) is 4.41. The lowest BCUT2D eigenvalue weighted by atomic mass is 10.00. The topological polar surface area (TPSA) is 52.7 Å². The molecule has 2 atom stereocenters. The minimum absolute atomic E-state index is 0.214. The van der Waals surface area contributed by atoms with E-state index in [0.717, 1.165) is 43.9 Å². The first-order valence-corrected chi connectivity index (χ1v) is 8.25. The Balaban J connectivity index is 1.47. The summed E-state index contributed by atoms with van der Waals surface area (Å²) in [6, 6.07) is 10.1. The van der Waals surface area contributed by atoms with Gasteiger partial charge in [-0.25, -0.2) is 0 Å². The first-order chi connectivity index (χ1) is 11.2. The van der Waals surface area contributed by atoms with Crippen LogP contribution in [-0.2, 0) is 13.0 Å². The smallest absolute Gasteiger partial charge is 0.117 e. The van der Waals surface area contributed by atoms with Gasteiger partial charge in [0.1, 0.15) is 5.76 Å². The highest BCUT2D eigenvalue weighted by Gasteiger charge is 2.30. The summed E-state index contributed by atoms with van der Waals surface area (Å²) in [7, 11) is 2.10. The summed E-state index contributed by atoms with van der Waals surface area (Å²) in [6.07, 6.45) is 5.09. The molecule has 0 aliphatic carbocycles. The Morgan fingerprint density at radius 1 is 1.35 bits per heavy atom. The Labute approximate surface area is 137 Å². The maximum absolute atomic E-state index is 10.5. The molecule has 1 aliphatic rings. The molecule has 0 radical (unpaired) electrons. The van der Waals surface area contributed by atoms with Gasteiger partial charge >= 0.3 is 0 Å². The van der Waals surface area contributed by atoms with E-state index in [1.165, 1.54) is 0 Å². The molecule has 0 amide bonds. The zero-order valence-electron chi connectivity index (χ0n) is 13.6. The monoisotopic (exact) mass is 315 g/mol. The van der Waals surface area contributed by atoms with Crippen molar-refractivity contribution in [2.45, 2.75) is 31.5 Å². The van der Waals surface area contributed by atoms with Crippen molar-refractivity contribution in [2.24, 2.45) is 0 Å². The molecule has 2 aromatic rings. The highest BCUT2D eigenvalue weighted by Crippen LogP contribution is 2.18. The summed E-state index contributed by atoms with van der Waals surface area (Å²) in [5.41, 5.74) is 1.10. The van der Waals surface area contributed by atoms with Crippen LogP contribution < -0.4 is 0 Å². The molecule has 124 valence electrons. The number of rotatable bonds is 6. The largest absolute Gasteiger partial charge is 0.468 e. The fourth-order valence-electron chi connectivity index (χ4n) is 3.27. The van der Waals surface area contributed by atoms with Crippen LogP contribution in [0.5, 0.6) is 0 Å². The fraction of sp³-hybridized carbons (Fsp3) is 0.500. The normalized spacial score (nSPS) is 22.6. The van der Waals surface area contributed by atoms with Gasteiger partial charge < -0.3 is 14.4 Å². The van der Waals surface area contributed by atoms with E-state index < -0.39 is 0 Å². The second kappa shape index (κ2) is 7.73. The van der Waals surface area contributed by atoms with Crippen molar-refractivity contribution in [3.05, 3.63) is 54.2 Å². The van der Waals surface area contributed by atoms with Gasteiger partial charge in [-0.3, -0.25) is 9.88 Å². The zero-order chi connectivity index (χ0) is 16.1. The third-order valence-electron chi connectivity index (χ3n) is 4.60. The third-order valence-corrected chi connectivity index (χ3v) is 4.60. The number of aliphatic hydroxyl groups excluding tert-OH is 1. The number of likely N-dealkylation sites (tertiary alicyclic amines) is 1. The van der Waals surface area contributed by atoms with Crippen molar-refractivity contribution in [2.75, 3.05) is 26.7 Å². The second-order valence-electron chi connectivity index (χ2n) is 6.29. The SMILES string of the molecule is CN(CCc1ccccn1)[C@@H]1CCN(Cc2ccco2)C[C@H]1O. The zero-order valence-corrected chi connectivity index (χ0v) is 13.6. The van der Waals surface area contributed by atoms with Gasteiger partial charge in [0, 0.05) is 44.0 Å². The summed E-state index contributed by atoms with van der Waals surface area (Å²) < 4.78 is 5.39. The molecule has 2 aromatic heterocycles. The maximum atomic E-state index is 10.5. The van der Waals surface area contributed by atoms with Gasteiger partial charge in [-0.2, -0.15) is 0 Å². The molecule has 1 fully saturated rings. The van der Waals surface area contributed by atoms with Crippen molar-refractivity contribution in [1.29, 1.82) is 0 Å². The maximum Gasteiger partial charge on any atom is 0.117 e. The molecule has 23 heavy (non-hydrogen) atoms. The minimum Gasteiger partial charge on any atom is -0.468 e. The molecule has 5 heteroatoms. The molecule has 1 saturated heterocycles. The van der Waals surface area contributed by atoms with Crippen LogP contribution in [0.1, 0.15) is 17.9 Å². The van der Waals surface area contributed by atoms with E-state index >= 15 is 0 Å². The van der Waals surface area contributed by atoms with Crippen molar-refractivity contribution < 1.29 is 9.52 Å². The van der Waals surface area contributed by atoms with Crippen LogP contribution in [0, 0.1) is 0 Å². The van der Waals surface area contributed by atoms with E-state index in [9.17, 15) is 5.11 Å². The summed E-state index contributed by atoms with van der Waals surface area (Å²) in [5.74, 6) is 0.958. The summed E-state index contributed by atoms with van der Waals surface area (Å²) in [6.45, 7) is 3.36. The molecule has 0 aromatic carbocycles. The molecule has 0 bridgehead atoms. The molecule has 0 saturated carbocycles. The number of hydrogen-bond acceptors (Lipinski definition) is 5. The molecule has 0 spiro atoms. The van der Waals surface area contributed by atoms with Crippen molar-refractivity contribution in [1.82, 2.24) is 14.8 Å². The number of aliphatic hydroxyl groups is 1. The van der Waals surface area contributed by atoms with Gasteiger partial charge in [-0.15, -0.1) is 0 Å². The molecule has 5 nitrogen and oxygen atoms in total. The van der Waals surface area contributed by atoms with Crippen molar-refractivity contribution in [3.63, 3.8) is 0 Å². The number of hydrogen-bond donors (Lipinski definition) is 1. The number of aromatic nitrogens is 1. The highest BCUT2D eigenvalue weighted by molar-refractivity contribution is 5.04. The number of furan rings is 1. The Kier molecular flexibility index (Phi) is 5.43. The molecule has 0 unspecified atom stereocenters. The van der Waals surface area contributed by atoms with Crippen LogP contribution >= 0.6 is 0 Å². The van der Waals surface area contributed by atoms with E-state index in [0.29, 0.717) is 6.54 Å². The summed E-state index contributed by atoms with van der Waals surface area (Å²) >= 11 is 0. The van der Waals surface area contributed by atoms with Crippen LogP contribution in [0.3, 0.4) is 0 Å². The lowest BCUT2D eigenvalue weighted by molar-refractivity contribution is -0.00790. The quantitative estimate of drug-likeness (QED) is 0.881.